The Bertz CT molecular complexity index is 342. The molecule has 1 heterocycles. The van der Waals surface area contributed by atoms with E-state index in [1.807, 2.05) is 0 Å². The molecular formula is C15H23BrN2. The Hall–Kier alpha value is -0.380. The predicted octanol–water partition coefficient (Wildman–Crippen LogP) is 2.76. The molecule has 1 aromatic rings. The Labute approximate surface area is 119 Å². The van der Waals surface area contributed by atoms with E-state index < -0.39 is 0 Å². The monoisotopic (exact) mass is 310 g/mol. The lowest BCUT2D eigenvalue weighted by atomic mass is 10.1. The van der Waals surface area contributed by atoms with Gasteiger partial charge in [0.25, 0.3) is 0 Å². The molecule has 0 N–H and O–H groups in total. The van der Waals surface area contributed by atoms with Crippen molar-refractivity contribution < 1.29 is 0 Å². The normalized spacial score (nSPS) is 18.1. The summed E-state index contributed by atoms with van der Waals surface area (Å²) < 4.78 is 0. The molecule has 0 radical (unpaired) electrons. The zero-order valence-corrected chi connectivity index (χ0v) is 12.8. The molecule has 3 heteroatoms. The number of likely N-dealkylation sites (N-methyl/N-ethyl adjacent to an activating group) is 1. The molecule has 18 heavy (non-hydrogen) atoms. The minimum atomic E-state index is 0.953. The van der Waals surface area contributed by atoms with Gasteiger partial charge in [-0.25, -0.2) is 0 Å². The summed E-state index contributed by atoms with van der Waals surface area (Å²) in [6.07, 6.45) is 2.48. The van der Waals surface area contributed by atoms with E-state index in [0.29, 0.717) is 0 Å². The van der Waals surface area contributed by atoms with Crippen molar-refractivity contribution in [3.8, 4) is 0 Å². The van der Waals surface area contributed by atoms with Gasteiger partial charge in [-0.1, -0.05) is 40.2 Å². The first-order valence-corrected chi connectivity index (χ1v) is 7.95. The van der Waals surface area contributed by atoms with Crippen LogP contribution in [0.25, 0.3) is 0 Å². The fraction of sp³-hybridized carbons (Fsp3) is 0.600. The highest BCUT2D eigenvalue weighted by Crippen LogP contribution is 2.10. The van der Waals surface area contributed by atoms with Crippen LogP contribution in [0.4, 0.5) is 0 Å². The summed E-state index contributed by atoms with van der Waals surface area (Å²) in [6.45, 7) is 6.16. The number of halogens is 1. The molecule has 0 unspecified atom stereocenters. The van der Waals surface area contributed by atoms with Crippen molar-refractivity contribution >= 4 is 15.9 Å². The fourth-order valence-electron chi connectivity index (χ4n) is 2.37. The van der Waals surface area contributed by atoms with Crippen LogP contribution in [-0.2, 0) is 11.8 Å². The molecule has 1 aliphatic rings. The van der Waals surface area contributed by atoms with Crippen molar-refractivity contribution in [1.82, 2.24) is 9.80 Å². The van der Waals surface area contributed by atoms with E-state index in [1.165, 1.54) is 56.7 Å². The minimum Gasteiger partial charge on any atom is -0.304 e. The van der Waals surface area contributed by atoms with Crippen molar-refractivity contribution in [2.75, 3.05) is 39.8 Å². The SMILES string of the molecule is CN1CCN(CCCc2ccc(CBr)cc2)CC1. The number of hydrogen-bond donors (Lipinski definition) is 0. The number of hydrogen-bond acceptors (Lipinski definition) is 2. The highest BCUT2D eigenvalue weighted by atomic mass is 79.9. The largest absolute Gasteiger partial charge is 0.304 e. The van der Waals surface area contributed by atoms with Crippen LogP contribution in [0.3, 0.4) is 0 Å². The third-order valence-electron chi connectivity index (χ3n) is 3.71. The van der Waals surface area contributed by atoms with Gasteiger partial charge in [0.05, 0.1) is 0 Å². The van der Waals surface area contributed by atoms with Crippen LogP contribution < -0.4 is 0 Å². The average molecular weight is 311 g/mol. The summed E-state index contributed by atoms with van der Waals surface area (Å²) in [5.41, 5.74) is 2.83. The lowest BCUT2D eigenvalue weighted by Gasteiger charge is -2.32. The predicted molar refractivity (Wildman–Crippen MR) is 81.3 cm³/mol. The van der Waals surface area contributed by atoms with E-state index >= 15 is 0 Å². The number of piperazine rings is 1. The van der Waals surface area contributed by atoms with Crippen molar-refractivity contribution in [2.24, 2.45) is 0 Å². The summed E-state index contributed by atoms with van der Waals surface area (Å²) in [5.74, 6) is 0. The second-order valence-corrected chi connectivity index (χ2v) is 5.76. The molecule has 2 nitrogen and oxygen atoms in total. The van der Waals surface area contributed by atoms with E-state index in [4.69, 9.17) is 0 Å². The van der Waals surface area contributed by atoms with E-state index in [2.05, 4.69) is 57.0 Å². The number of nitrogens with zero attached hydrogens (tertiary/aromatic N) is 2. The average Bonchev–Trinajstić information content (AvgIpc) is 2.42. The van der Waals surface area contributed by atoms with Crippen LogP contribution in [0.15, 0.2) is 24.3 Å². The van der Waals surface area contributed by atoms with E-state index in [0.717, 1.165) is 5.33 Å². The molecule has 0 aromatic heterocycles. The Morgan fingerprint density at radius 3 is 2.22 bits per heavy atom. The van der Waals surface area contributed by atoms with E-state index in [9.17, 15) is 0 Å². The summed E-state index contributed by atoms with van der Waals surface area (Å²) in [6, 6.07) is 8.97. The Morgan fingerprint density at radius 2 is 1.61 bits per heavy atom. The molecule has 100 valence electrons. The summed E-state index contributed by atoms with van der Waals surface area (Å²) >= 11 is 3.48. The molecule has 0 amide bonds. The van der Waals surface area contributed by atoms with Gasteiger partial charge in [-0.15, -0.1) is 0 Å². The van der Waals surface area contributed by atoms with Gasteiger partial charge in [0, 0.05) is 31.5 Å². The van der Waals surface area contributed by atoms with E-state index in [1.54, 1.807) is 0 Å². The lowest BCUT2D eigenvalue weighted by molar-refractivity contribution is 0.153. The molecule has 1 saturated heterocycles. The first-order chi connectivity index (χ1) is 8.78. The molecule has 0 bridgehead atoms. The Kier molecular flexibility index (Phi) is 5.67. The van der Waals surface area contributed by atoms with Crippen molar-refractivity contribution in [3.05, 3.63) is 35.4 Å². The van der Waals surface area contributed by atoms with Gasteiger partial charge in [-0.05, 0) is 37.6 Å². The third kappa shape index (κ3) is 4.38. The van der Waals surface area contributed by atoms with Gasteiger partial charge < -0.3 is 9.80 Å². The molecule has 0 aliphatic carbocycles. The second kappa shape index (κ2) is 7.27. The highest BCUT2D eigenvalue weighted by molar-refractivity contribution is 9.08. The van der Waals surface area contributed by atoms with Crippen LogP contribution in [0.5, 0.6) is 0 Å². The lowest BCUT2D eigenvalue weighted by Crippen LogP contribution is -2.44. The first kappa shape index (κ1) is 14.0. The highest BCUT2D eigenvalue weighted by Gasteiger charge is 2.12. The topological polar surface area (TPSA) is 6.48 Å². The Morgan fingerprint density at radius 1 is 1.00 bits per heavy atom. The summed E-state index contributed by atoms with van der Waals surface area (Å²) in [4.78, 5) is 5.00. The van der Waals surface area contributed by atoms with Crippen molar-refractivity contribution in [2.45, 2.75) is 18.2 Å². The van der Waals surface area contributed by atoms with Gasteiger partial charge in [-0.3, -0.25) is 0 Å². The van der Waals surface area contributed by atoms with Crippen LogP contribution in [0, 0.1) is 0 Å². The minimum absolute atomic E-state index is 0.953. The fourth-order valence-corrected chi connectivity index (χ4v) is 2.75. The van der Waals surface area contributed by atoms with Crippen LogP contribution in [-0.4, -0.2) is 49.6 Å². The van der Waals surface area contributed by atoms with Crippen LogP contribution in [0.1, 0.15) is 17.5 Å². The van der Waals surface area contributed by atoms with E-state index in [-0.39, 0.29) is 0 Å². The summed E-state index contributed by atoms with van der Waals surface area (Å²) in [7, 11) is 2.21. The van der Waals surface area contributed by atoms with Gasteiger partial charge in [-0.2, -0.15) is 0 Å². The van der Waals surface area contributed by atoms with Gasteiger partial charge in [0.1, 0.15) is 0 Å². The smallest absolute Gasteiger partial charge is 0.0283 e. The zero-order chi connectivity index (χ0) is 12.8. The Balaban J connectivity index is 1.68. The van der Waals surface area contributed by atoms with Gasteiger partial charge in [0.15, 0.2) is 0 Å². The third-order valence-corrected chi connectivity index (χ3v) is 4.36. The maximum Gasteiger partial charge on any atom is 0.0283 e. The van der Waals surface area contributed by atoms with Crippen LogP contribution >= 0.6 is 15.9 Å². The molecule has 2 rings (SSSR count). The van der Waals surface area contributed by atoms with Crippen molar-refractivity contribution in [1.29, 1.82) is 0 Å². The van der Waals surface area contributed by atoms with Gasteiger partial charge >= 0.3 is 0 Å². The standard InChI is InChI=1S/C15H23BrN2/c1-17-9-11-18(12-10-17)8-2-3-14-4-6-15(13-16)7-5-14/h4-7H,2-3,8-13H2,1H3. The van der Waals surface area contributed by atoms with Gasteiger partial charge in [0.2, 0.25) is 0 Å². The molecular weight excluding hydrogens is 288 g/mol. The molecule has 1 aromatic carbocycles. The zero-order valence-electron chi connectivity index (χ0n) is 11.2. The first-order valence-electron chi connectivity index (χ1n) is 6.82. The molecule has 0 atom stereocenters. The van der Waals surface area contributed by atoms with Crippen LogP contribution in [0.2, 0.25) is 0 Å². The number of benzene rings is 1. The quantitative estimate of drug-likeness (QED) is 0.772. The van der Waals surface area contributed by atoms with Crippen molar-refractivity contribution in [3.63, 3.8) is 0 Å². The maximum absolute atomic E-state index is 3.48. The number of alkyl halides is 1. The molecule has 0 saturated carbocycles. The molecule has 0 spiro atoms. The molecule has 1 fully saturated rings. The summed E-state index contributed by atoms with van der Waals surface area (Å²) in [5, 5.41) is 0.953. The maximum atomic E-state index is 3.48. The number of aryl methyl sites for hydroxylation is 1. The second-order valence-electron chi connectivity index (χ2n) is 5.20. The molecule has 1 aliphatic heterocycles. The number of rotatable bonds is 5.